The first-order valence-electron chi connectivity index (χ1n) is 6.53. The van der Waals surface area contributed by atoms with Gasteiger partial charge < -0.3 is 5.32 Å². The van der Waals surface area contributed by atoms with E-state index in [1.54, 1.807) is 11.3 Å². The lowest BCUT2D eigenvalue weighted by atomic mass is 9.99. The van der Waals surface area contributed by atoms with Crippen LogP contribution in [0.5, 0.6) is 0 Å². The molecule has 1 aromatic carbocycles. The third kappa shape index (κ3) is 2.67. The van der Waals surface area contributed by atoms with Crippen LogP contribution in [-0.2, 0) is 0 Å². The molecule has 1 N–H and O–H groups in total. The van der Waals surface area contributed by atoms with E-state index in [1.165, 1.54) is 17.8 Å². The molecule has 3 nitrogen and oxygen atoms in total. The van der Waals surface area contributed by atoms with E-state index >= 15 is 0 Å². The summed E-state index contributed by atoms with van der Waals surface area (Å²) in [5, 5.41) is 15.6. The molecule has 19 heavy (non-hydrogen) atoms. The van der Waals surface area contributed by atoms with Gasteiger partial charge in [-0.3, -0.25) is 0 Å². The van der Waals surface area contributed by atoms with E-state index < -0.39 is 0 Å². The topological polar surface area (TPSA) is 48.7 Å². The first kappa shape index (κ1) is 12.3. The number of piperidine rings is 1. The van der Waals surface area contributed by atoms with Crippen molar-refractivity contribution >= 4 is 11.3 Å². The van der Waals surface area contributed by atoms with Gasteiger partial charge in [0, 0.05) is 16.9 Å². The molecule has 0 radical (unpaired) electrons. The number of benzene rings is 1. The lowest BCUT2D eigenvalue weighted by molar-refractivity contribution is 0.459. The van der Waals surface area contributed by atoms with E-state index in [0.29, 0.717) is 11.5 Å². The zero-order chi connectivity index (χ0) is 13.1. The molecule has 2 aromatic rings. The minimum atomic E-state index is 0.610. The Bertz CT molecular complexity index is 589. The Balaban J connectivity index is 1.81. The standard InChI is InChI=1S/C15H15N3S/c16-9-11-1-3-12(4-2-11)14-10-19-15(18-14)13-5-7-17-8-6-13/h1-4,10,13,17H,5-8H2. The van der Waals surface area contributed by atoms with Crippen LogP contribution in [0.4, 0.5) is 0 Å². The van der Waals surface area contributed by atoms with Crippen molar-refractivity contribution in [1.29, 1.82) is 5.26 Å². The maximum Gasteiger partial charge on any atom is 0.0991 e. The number of nitriles is 1. The van der Waals surface area contributed by atoms with E-state index in [2.05, 4.69) is 16.8 Å². The summed E-state index contributed by atoms with van der Waals surface area (Å²) in [5.41, 5.74) is 2.82. The van der Waals surface area contributed by atoms with Crippen LogP contribution in [0.25, 0.3) is 11.3 Å². The minimum Gasteiger partial charge on any atom is -0.317 e. The van der Waals surface area contributed by atoms with Crippen molar-refractivity contribution in [2.75, 3.05) is 13.1 Å². The second-order valence-electron chi connectivity index (χ2n) is 4.78. The zero-order valence-corrected chi connectivity index (χ0v) is 11.4. The lowest BCUT2D eigenvalue weighted by Crippen LogP contribution is -2.26. The Labute approximate surface area is 116 Å². The van der Waals surface area contributed by atoms with Crippen molar-refractivity contribution in [2.45, 2.75) is 18.8 Å². The van der Waals surface area contributed by atoms with Gasteiger partial charge in [-0.15, -0.1) is 11.3 Å². The highest BCUT2D eigenvalue weighted by Crippen LogP contribution is 2.31. The van der Waals surface area contributed by atoms with Crippen LogP contribution in [0.2, 0.25) is 0 Å². The zero-order valence-electron chi connectivity index (χ0n) is 10.6. The van der Waals surface area contributed by atoms with Crippen LogP contribution < -0.4 is 5.32 Å². The number of hydrogen-bond donors (Lipinski definition) is 1. The van der Waals surface area contributed by atoms with Crippen LogP contribution in [-0.4, -0.2) is 18.1 Å². The highest BCUT2D eigenvalue weighted by molar-refractivity contribution is 7.10. The molecule has 4 heteroatoms. The summed E-state index contributed by atoms with van der Waals surface area (Å²) in [6, 6.07) is 9.77. The molecule has 0 aliphatic carbocycles. The first-order chi connectivity index (χ1) is 9.36. The molecule has 0 unspecified atom stereocenters. The number of aromatic nitrogens is 1. The summed E-state index contributed by atoms with van der Waals surface area (Å²) in [4.78, 5) is 4.77. The van der Waals surface area contributed by atoms with Crippen LogP contribution in [0.1, 0.15) is 29.3 Å². The Kier molecular flexibility index (Phi) is 3.58. The molecule has 0 saturated carbocycles. The number of rotatable bonds is 2. The van der Waals surface area contributed by atoms with Gasteiger partial charge in [-0.1, -0.05) is 12.1 Å². The molecule has 1 aliphatic heterocycles. The molecule has 3 rings (SSSR count). The Morgan fingerprint density at radius 3 is 2.63 bits per heavy atom. The van der Waals surface area contributed by atoms with Crippen molar-refractivity contribution in [3.63, 3.8) is 0 Å². The maximum atomic E-state index is 8.80. The smallest absolute Gasteiger partial charge is 0.0991 e. The van der Waals surface area contributed by atoms with E-state index in [9.17, 15) is 0 Å². The first-order valence-corrected chi connectivity index (χ1v) is 7.41. The number of nitrogens with one attached hydrogen (secondary N) is 1. The number of hydrogen-bond acceptors (Lipinski definition) is 4. The predicted molar refractivity (Wildman–Crippen MR) is 77.1 cm³/mol. The molecule has 0 atom stereocenters. The van der Waals surface area contributed by atoms with Crippen LogP contribution in [0.3, 0.4) is 0 Å². The van der Waals surface area contributed by atoms with E-state index in [4.69, 9.17) is 10.2 Å². The van der Waals surface area contributed by atoms with Crippen LogP contribution in [0, 0.1) is 11.3 Å². The molecule has 1 aliphatic rings. The van der Waals surface area contributed by atoms with Crippen molar-refractivity contribution in [1.82, 2.24) is 10.3 Å². The van der Waals surface area contributed by atoms with E-state index in [0.717, 1.165) is 24.3 Å². The molecule has 0 bridgehead atoms. The lowest BCUT2D eigenvalue weighted by Gasteiger charge is -2.20. The van der Waals surface area contributed by atoms with Crippen molar-refractivity contribution < 1.29 is 0 Å². The Morgan fingerprint density at radius 2 is 1.95 bits per heavy atom. The highest BCUT2D eigenvalue weighted by atomic mass is 32.1. The quantitative estimate of drug-likeness (QED) is 0.911. The summed E-state index contributed by atoms with van der Waals surface area (Å²) in [5.74, 6) is 0.610. The summed E-state index contributed by atoms with van der Waals surface area (Å²) in [7, 11) is 0. The summed E-state index contributed by atoms with van der Waals surface area (Å²) in [6.07, 6.45) is 2.36. The van der Waals surface area contributed by atoms with Gasteiger partial charge in [0.05, 0.1) is 22.3 Å². The molecule has 1 fully saturated rings. The van der Waals surface area contributed by atoms with Crippen LogP contribution >= 0.6 is 11.3 Å². The van der Waals surface area contributed by atoms with E-state index in [1.807, 2.05) is 24.3 Å². The van der Waals surface area contributed by atoms with Gasteiger partial charge >= 0.3 is 0 Å². The molecular weight excluding hydrogens is 254 g/mol. The Morgan fingerprint density at radius 1 is 1.21 bits per heavy atom. The Hall–Kier alpha value is -1.70. The van der Waals surface area contributed by atoms with Crippen molar-refractivity contribution in [2.24, 2.45) is 0 Å². The van der Waals surface area contributed by atoms with E-state index in [-0.39, 0.29) is 0 Å². The van der Waals surface area contributed by atoms with Crippen LogP contribution in [0.15, 0.2) is 29.6 Å². The van der Waals surface area contributed by atoms with Gasteiger partial charge in [-0.05, 0) is 38.1 Å². The normalized spacial score (nSPS) is 16.2. The summed E-state index contributed by atoms with van der Waals surface area (Å²) >= 11 is 1.76. The summed E-state index contributed by atoms with van der Waals surface area (Å²) < 4.78 is 0. The SMILES string of the molecule is N#Cc1ccc(-c2csc(C3CCNCC3)n2)cc1. The van der Waals surface area contributed by atoms with Gasteiger partial charge in [0.2, 0.25) is 0 Å². The van der Waals surface area contributed by atoms with Crippen molar-refractivity contribution in [3.05, 3.63) is 40.2 Å². The molecular formula is C15H15N3S. The molecule has 1 aromatic heterocycles. The van der Waals surface area contributed by atoms with Gasteiger partial charge in [0.15, 0.2) is 0 Å². The van der Waals surface area contributed by atoms with Gasteiger partial charge in [-0.2, -0.15) is 5.26 Å². The summed E-state index contributed by atoms with van der Waals surface area (Å²) in [6.45, 7) is 2.19. The molecule has 0 spiro atoms. The molecule has 0 amide bonds. The molecule has 96 valence electrons. The second-order valence-corrected chi connectivity index (χ2v) is 5.67. The third-order valence-electron chi connectivity index (χ3n) is 3.52. The van der Waals surface area contributed by atoms with Gasteiger partial charge in [0.1, 0.15) is 0 Å². The average molecular weight is 269 g/mol. The van der Waals surface area contributed by atoms with Crippen molar-refractivity contribution in [3.8, 4) is 17.3 Å². The fraction of sp³-hybridized carbons (Fsp3) is 0.333. The second kappa shape index (κ2) is 5.52. The highest BCUT2D eigenvalue weighted by Gasteiger charge is 2.18. The minimum absolute atomic E-state index is 0.610. The average Bonchev–Trinajstić information content (AvgIpc) is 2.98. The maximum absolute atomic E-state index is 8.80. The monoisotopic (exact) mass is 269 g/mol. The predicted octanol–water partition coefficient (Wildman–Crippen LogP) is 3.15. The third-order valence-corrected chi connectivity index (χ3v) is 4.53. The number of thiazole rings is 1. The number of nitrogens with zero attached hydrogens (tertiary/aromatic N) is 2. The largest absolute Gasteiger partial charge is 0.317 e. The fourth-order valence-electron chi connectivity index (χ4n) is 2.39. The molecule has 2 heterocycles. The van der Waals surface area contributed by atoms with Gasteiger partial charge in [-0.25, -0.2) is 4.98 Å². The molecule has 1 saturated heterocycles. The fourth-order valence-corrected chi connectivity index (χ4v) is 3.39. The van der Waals surface area contributed by atoms with Gasteiger partial charge in [0.25, 0.3) is 0 Å².